The van der Waals surface area contributed by atoms with Crippen molar-refractivity contribution in [3.63, 3.8) is 0 Å². The largest absolute Gasteiger partial charge is 0.370 e. The number of halogens is 2. The number of hydrogen-bond donors (Lipinski definition) is 2. The highest BCUT2D eigenvalue weighted by Crippen LogP contribution is 2.10. The molecule has 1 aliphatic heterocycles. The average Bonchev–Trinajstić information content (AvgIpc) is 2.83. The molecule has 0 saturated carbocycles. The van der Waals surface area contributed by atoms with Crippen molar-refractivity contribution in [2.75, 3.05) is 26.2 Å². The number of nitrogens with zero attached hydrogens (tertiary/aromatic N) is 2. The number of aliphatic imine (C=N–C) groups is 1. The number of rotatable bonds is 4. The molecule has 1 aromatic carbocycles. The molecule has 0 spiro atoms. The van der Waals surface area contributed by atoms with Gasteiger partial charge in [0, 0.05) is 25.2 Å². The van der Waals surface area contributed by atoms with Crippen LogP contribution in [0.3, 0.4) is 0 Å². The molecule has 24 heavy (non-hydrogen) atoms. The van der Waals surface area contributed by atoms with E-state index in [-0.39, 0.29) is 35.7 Å². The van der Waals surface area contributed by atoms with Gasteiger partial charge in [0.15, 0.2) is 5.96 Å². The van der Waals surface area contributed by atoms with Crippen LogP contribution in [0.5, 0.6) is 0 Å². The van der Waals surface area contributed by atoms with E-state index in [1.54, 1.807) is 19.1 Å². The Labute approximate surface area is 159 Å². The molecule has 1 aromatic rings. The molecule has 3 N–H and O–H groups in total. The summed E-state index contributed by atoms with van der Waals surface area (Å²) in [5, 5.41) is 2.73. The van der Waals surface area contributed by atoms with Crippen molar-refractivity contribution in [1.29, 1.82) is 0 Å². The Morgan fingerprint density at radius 3 is 2.58 bits per heavy atom. The van der Waals surface area contributed by atoms with Gasteiger partial charge in [-0.25, -0.2) is 4.39 Å². The van der Waals surface area contributed by atoms with Crippen molar-refractivity contribution in [2.24, 2.45) is 10.7 Å². The van der Waals surface area contributed by atoms with Gasteiger partial charge in [-0.15, -0.1) is 24.0 Å². The molecule has 0 aliphatic carbocycles. The second kappa shape index (κ2) is 10.5. The monoisotopic (exact) mass is 448 g/mol. The van der Waals surface area contributed by atoms with Crippen molar-refractivity contribution in [1.82, 2.24) is 10.2 Å². The van der Waals surface area contributed by atoms with E-state index < -0.39 is 0 Å². The molecule has 1 amide bonds. The molecule has 7 heteroatoms. The molecule has 1 heterocycles. The second-order valence-electron chi connectivity index (χ2n) is 5.86. The van der Waals surface area contributed by atoms with E-state index in [9.17, 15) is 9.18 Å². The maximum Gasteiger partial charge on any atom is 0.251 e. The molecule has 1 aliphatic rings. The summed E-state index contributed by atoms with van der Waals surface area (Å²) in [6, 6.07) is 4.46. The fraction of sp³-hybridized carbons (Fsp3) is 0.529. The fourth-order valence-electron chi connectivity index (χ4n) is 2.58. The molecule has 0 unspecified atom stereocenters. The van der Waals surface area contributed by atoms with Gasteiger partial charge in [-0.2, -0.15) is 0 Å². The van der Waals surface area contributed by atoms with E-state index in [0.717, 1.165) is 25.9 Å². The lowest BCUT2D eigenvalue weighted by atomic mass is 10.1. The third-order valence-corrected chi connectivity index (χ3v) is 4.04. The number of guanidine groups is 1. The van der Waals surface area contributed by atoms with Crippen LogP contribution in [0, 0.1) is 12.7 Å². The van der Waals surface area contributed by atoms with Gasteiger partial charge in [0.25, 0.3) is 5.91 Å². The van der Waals surface area contributed by atoms with Crippen LogP contribution in [0.2, 0.25) is 0 Å². The van der Waals surface area contributed by atoms with E-state index in [4.69, 9.17) is 5.73 Å². The number of aryl methyl sites for hydroxylation is 1. The Morgan fingerprint density at radius 2 is 1.96 bits per heavy atom. The second-order valence-corrected chi connectivity index (χ2v) is 5.86. The highest BCUT2D eigenvalue weighted by atomic mass is 127. The summed E-state index contributed by atoms with van der Waals surface area (Å²) in [5.41, 5.74) is 6.84. The Kier molecular flexibility index (Phi) is 9.02. The lowest BCUT2D eigenvalue weighted by Gasteiger charge is -2.21. The van der Waals surface area contributed by atoms with Gasteiger partial charge in [0.2, 0.25) is 0 Å². The average molecular weight is 448 g/mol. The van der Waals surface area contributed by atoms with Crippen molar-refractivity contribution < 1.29 is 9.18 Å². The van der Waals surface area contributed by atoms with Gasteiger partial charge < -0.3 is 16.0 Å². The van der Waals surface area contributed by atoms with E-state index >= 15 is 0 Å². The number of carbonyl (C=O) groups is 1. The molecule has 5 nitrogen and oxygen atoms in total. The summed E-state index contributed by atoms with van der Waals surface area (Å²) in [5.74, 6) is -0.129. The van der Waals surface area contributed by atoms with Crippen molar-refractivity contribution in [3.8, 4) is 0 Å². The topological polar surface area (TPSA) is 70.7 Å². The standard InChI is InChI=1S/C17H25FN4O.HI/c1-13-6-7-14(12-15(13)18)16(23)20-8-9-21-17(19)22-10-4-2-3-5-11-22;/h6-7,12H,2-5,8-11H2,1H3,(H2,19,21)(H,20,23);1H. The number of benzene rings is 1. The highest BCUT2D eigenvalue weighted by Gasteiger charge is 2.11. The normalized spacial score (nSPS) is 15.4. The predicted molar refractivity (Wildman–Crippen MR) is 105 cm³/mol. The zero-order valence-corrected chi connectivity index (χ0v) is 16.4. The molecule has 0 atom stereocenters. The SMILES string of the molecule is Cc1ccc(C(=O)NCCN=C(N)N2CCCCCC2)cc1F.I. The van der Waals surface area contributed by atoms with Crippen LogP contribution < -0.4 is 11.1 Å². The summed E-state index contributed by atoms with van der Waals surface area (Å²) in [7, 11) is 0. The third-order valence-electron chi connectivity index (χ3n) is 4.04. The Morgan fingerprint density at radius 1 is 1.29 bits per heavy atom. The van der Waals surface area contributed by atoms with E-state index in [2.05, 4.69) is 15.2 Å². The summed E-state index contributed by atoms with van der Waals surface area (Å²) < 4.78 is 13.4. The summed E-state index contributed by atoms with van der Waals surface area (Å²) in [6.45, 7) is 4.36. The number of nitrogens with one attached hydrogen (secondary N) is 1. The molecular formula is C17H26FIN4O. The smallest absolute Gasteiger partial charge is 0.251 e. The van der Waals surface area contributed by atoms with E-state index in [1.807, 2.05) is 0 Å². The van der Waals surface area contributed by atoms with Crippen molar-refractivity contribution in [3.05, 3.63) is 35.1 Å². The zero-order valence-electron chi connectivity index (χ0n) is 14.1. The Balaban J connectivity index is 0.00000288. The number of nitrogens with two attached hydrogens (primary N) is 1. The predicted octanol–water partition coefficient (Wildman–Crippen LogP) is 2.67. The first-order valence-electron chi connectivity index (χ1n) is 8.17. The number of likely N-dealkylation sites (tertiary alicyclic amines) is 1. The van der Waals surface area contributed by atoms with Gasteiger partial charge in [-0.3, -0.25) is 9.79 Å². The third kappa shape index (κ3) is 6.26. The quantitative estimate of drug-likeness (QED) is 0.322. The minimum absolute atomic E-state index is 0. The van der Waals surface area contributed by atoms with Crippen LogP contribution in [0.15, 0.2) is 23.2 Å². The summed E-state index contributed by atoms with van der Waals surface area (Å²) in [6.07, 6.45) is 4.78. The van der Waals surface area contributed by atoms with E-state index in [1.165, 1.54) is 18.9 Å². The first kappa shape index (κ1) is 20.7. The molecule has 0 radical (unpaired) electrons. The molecule has 0 aromatic heterocycles. The van der Waals surface area contributed by atoms with E-state index in [0.29, 0.717) is 30.2 Å². The van der Waals surface area contributed by atoms with Crippen molar-refractivity contribution >= 4 is 35.8 Å². The van der Waals surface area contributed by atoms with Gasteiger partial charge in [-0.1, -0.05) is 18.9 Å². The summed E-state index contributed by atoms with van der Waals surface area (Å²) in [4.78, 5) is 18.4. The van der Waals surface area contributed by atoms with Crippen molar-refractivity contribution in [2.45, 2.75) is 32.6 Å². The van der Waals surface area contributed by atoms with Crippen LogP contribution in [0.25, 0.3) is 0 Å². The lowest BCUT2D eigenvalue weighted by molar-refractivity contribution is 0.0954. The molecule has 134 valence electrons. The molecule has 1 fully saturated rings. The Hall–Kier alpha value is -1.38. The Bertz CT molecular complexity index is 572. The number of carbonyl (C=O) groups excluding carboxylic acids is 1. The van der Waals surface area contributed by atoms with Gasteiger partial charge in [0.05, 0.1) is 6.54 Å². The molecule has 0 bridgehead atoms. The first-order valence-corrected chi connectivity index (χ1v) is 8.17. The van der Waals surface area contributed by atoms with Gasteiger partial charge in [-0.05, 0) is 37.5 Å². The number of hydrogen-bond acceptors (Lipinski definition) is 2. The van der Waals surface area contributed by atoms with Gasteiger partial charge in [0.1, 0.15) is 5.82 Å². The minimum atomic E-state index is -0.374. The van der Waals surface area contributed by atoms with Crippen LogP contribution in [0.4, 0.5) is 4.39 Å². The van der Waals surface area contributed by atoms with Crippen LogP contribution in [-0.2, 0) is 0 Å². The molecule has 2 rings (SSSR count). The maximum absolute atomic E-state index is 13.4. The highest BCUT2D eigenvalue weighted by molar-refractivity contribution is 14.0. The zero-order chi connectivity index (χ0) is 16.7. The number of amides is 1. The van der Waals surface area contributed by atoms with Crippen LogP contribution in [0.1, 0.15) is 41.6 Å². The first-order chi connectivity index (χ1) is 11.1. The lowest BCUT2D eigenvalue weighted by Crippen LogP contribution is -2.38. The maximum atomic E-state index is 13.4. The summed E-state index contributed by atoms with van der Waals surface area (Å²) >= 11 is 0. The molecule has 1 saturated heterocycles. The molecular weight excluding hydrogens is 422 g/mol. The van der Waals surface area contributed by atoms with Crippen LogP contribution >= 0.6 is 24.0 Å². The minimum Gasteiger partial charge on any atom is -0.370 e. The fourth-order valence-corrected chi connectivity index (χ4v) is 2.58. The van der Waals surface area contributed by atoms with Gasteiger partial charge >= 0.3 is 0 Å². The van der Waals surface area contributed by atoms with Crippen LogP contribution in [-0.4, -0.2) is 42.9 Å².